The van der Waals surface area contributed by atoms with E-state index < -0.39 is 0 Å². The number of anilines is 2. The van der Waals surface area contributed by atoms with Crippen molar-refractivity contribution in [3.05, 3.63) is 115 Å². The van der Waals surface area contributed by atoms with E-state index in [2.05, 4.69) is 97.3 Å². The maximum atomic E-state index is 4.19. The monoisotopic (exact) mass is 471 g/mol. The molecule has 0 aliphatic rings. The van der Waals surface area contributed by atoms with Crippen LogP contribution in [0.15, 0.2) is 109 Å². The molecule has 0 N–H and O–H groups in total. The molecule has 1 unspecified atom stereocenters. The Balaban J connectivity index is 0.00000142. The topological polar surface area (TPSA) is 19.4 Å². The highest BCUT2D eigenvalue weighted by atomic mass is 15.2. The van der Waals surface area contributed by atoms with Gasteiger partial charge in [-0.25, -0.2) is 0 Å². The van der Waals surface area contributed by atoms with Gasteiger partial charge >= 0.3 is 0 Å². The summed E-state index contributed by atoms with van der Waals surface area (Å²) in [7, 11) is 2.04. The lowest BCUT2D eigenvalue weighted by molar-refractivity contribution is 0.496. The molecular formula is C32H45N3. The number of likely N-dealkylation sites (N-methyl/N-ethyl adjacent to an activating group) is 1. The van der Waals surface area contributed by atoms with Gasteiger partial charge in [-0.1, -0.05) is 62.1 Å². The molecular weight excluding hydrogens is 426 g/mol. The Morgan fingerprint density at radius 1 is 0.943 bits per heavy atom. The van der Waals surface area contributed by atoms with Gasteiger partial charge in [-0.15, -0.1) is 0 Å². The van der Waals surface area contributed by atoms with Crippen LogP contribution in [0.3, 0.4) is 0 Å². The van der Waals surface area contributed by atoms with Crippen LogP contribution in [0.5, 0.6) is 0 Å². The number of hydrogen-bond donors (Lipinski definition) is 0. The summed E-state index contributed by atoms with van der Waals surface area (Å²) in [6.07, 6.45) is 15.8. The summed E-state index contributed by atoms with van der Waals surface area (Å²) < 4.78 is 0. The van der Waals surface area contributed by atoms with Gasteiger partial charge in [0, 0.05) is 43.1 Å². The van der Waals surface area contributed by atoms with Crippen molar-refractivity contribution in [2.24, 2.45) is 5.92 Å². The van der Waals surface area contributed by atoms with Crippen molar-refractivity contribution in [3.63, 3.8) is 0 Å². The maximum absolute atomic E-state index is 4.19. The highest BCUT2D eigenvalue weighted by Crippen LogP contribution is 2.31. The van der Waals surface area contributed by atoms with Crippen LogP contribution in [0, 0.1) is 5.92 Å². The summed E-state index contributed by atoms with van der Waals surface area (Å²) in [6, 6.07) is 13.0. The van der Waals surface area contributed by atoms with Crippen LogP contribution in [-0.2, 0) is 6.42 Å². The highest BCUT2D eigenvalue weighted by molar-refractivity contribution is 5.68. The molecule has 35 heavy (non-hydrogen) atoms. The Labute approximate surface area is 214 Å². The van der Waals surface area contributed by atoms with Crippen molar-refractivity contribution < 1.29 is 0 Å². The largest absolute Gasteiger partial charge is 0.377 e. The number of nitrogens with zero attached hydrogens (tertiary/aromatic N) is 3. The molecule has 188 valence electrons. The quantitative estimate of drug-likeness (QED) is 0.241. The van der Waals surface area contributed by atoms with Gasteiger partial charge < -0.3 is 9.80 Å². The maximum Gasteiger partial charge on any atom is 0.0488 e. The molecule has 1 heterocycles. The summed E-state index contributed by atoms with van der Waals surface area (Å²) in [6.45, 7) is 21.5. The van der Waals surface area contributed by atoms with Crippen molar-refractivity contribution in [1.82, 2.24) is 9.88 Å². The first-order valence-corrected chi connectivity index (χ1v) is 12.4. The third kappa shape index (κ3) is 10.6. The fourth-order valence-electron chi connectivity index (χ4n) is 3.78. The van der Waals surface area contributed by atoms with Crippen LogP contribution in [0.2, 0.25) is 0 Å². The molecule has 0 saturated carbocycles. The molecule has 0 bridgehead atoms. The van der Waals surface area contributed by atoms with Crippen LogP contribution >= 0.6 is 0 Å². The Morgan fingerprint density at radius 3 is 2.03 bits per heavy atom. The van der Waals surface area contributed by atoms with Crippen molar-refractivity contribution in [1.29, 1.82) is 0 Å². The van der Waals surface area contributed by atoms with Crippen molar-refractivity contribution in [2.45, 2.75) is 54.4 Å². The molecule has 1 aromatic heterocycles. The third-order valence-electron chi connectivity index (χ3n) is 5.80. The normalized spacial score (nSPS) is 12.5. The Morgan fingerprint density at radius 2 is 1.51 bits per heavy atom. The van der Waals surface area contributed by atoms with E-state index in [1.165, 1.54) is 22.4 Å². The standard InChI is InChI=1S/C28H37N3.C4H8/c1-8-10-22(3)19-23(4)20-26-11-13-27(14-12-26)31(28-15-17-29-18-16-28)25(6)24(5)21-30(7)9-2;1-3-4-2/h8-18,23H,2-3,19-21H2,1,4-7H3;3-4H,1-2H3/b10-8-,25-24+;4-3-. The zero-order valence-corrected chi connectivity index (χ0v) is 23.0. The predicted molar refractivity (Wildman–Crippen MR) is 156 cm³/mol. The minimum absolute atomic E-state index is 0.559. The molecule has 0 saturated heterocycles. The molecule has 0 spiro atoms. The molecule has 0 radical (unpaired) electrons. The second kappa shape index (κ2) is 16.3. The number of rotatable bonds is 11. The Kier molecular flexibility index (Phi) is 13.9. The molecule has 0 fully saturated rings. The SMILES string of the molecule is C/C=C\C.C=CN(C)C/C(C)=C(\C)N(c1ccncc1)c1ccc(CC(C)CC(=C)/C=C\C)cc1. The van der Waals surface area contributed by atoms with E-state index in [0.717, 1.165) is 30.8 Å². The van der Waals surface area contributed by atoms with Crippen LogP contribution in [-0.4, -0.2) is 23.5 Å². The molecule has 2 rings (SSSR count). The first-order valence-electron chi connectivity index (χ1n) is 12.4. The Bertz CT molecular complexity index is 977. The second-order valence-corrected chi connectivity index (χ2v) is 9.01. The summed E-state index contributed by atoms with van der Waals surface area (Å²) in [4.78, 5) is 8.59. The van der Waals surface area contributed by atoms with E-state index in [9.17, 15) is 0 Å². The first-order chi connectivity index (χ1) is 16.8. The highest BCUT2D eigenvalue weighted by Gasteiger charge is 2.15. The number of hydrogen-bond acceptors (Lipinski definition) is 3. The summed E-state index contributed by atoms with van der Waals surface area (Å²) >= 11 is 0. The van der Waals surface area contributed by atoms with E-state index in [-0.39, 0.29) is 0 Å². The summed E-state index contributed by atoms with van der Waals surface area (Å²) in [5, 5.41) is 0. The summed E-state index contributed by atoms with van der Waals surface area (Å²) in [5.41, 5.74) is 7.30. The van der Waals surface area contributed by atoms with Crippen LogP contribution in [0.25, 0.3) is 0 Å². The van der Waals surface area contributed by atoms with E-state index >= 15 is 0 Å². The lowest BCUT2D eigenvalue weighted by Gasteiger charge is -2.29. The van der Waals surface area contributed by atoms with E-state index in [0.29, 0.717) is 5.92 Å². The van der Waals surface area contributed by atoms with E-state index in [4.69, 9.17) is 0 Å². The number of aromatic nitrogens is 1. The van der Waals surface area contributed by atoms with Gasteiger partial charge in [-0.3, -0.25) is 4.98 Å². The molecule has 3 heteroatoms. The average molecular weight is 472 g/mol. The molecule has 3 nitrogen and oxygen atoms in total. The van der Waals surface area contributed by atoms with Gasteiger partial charge in [0.1, 0.15) is 0 Å². The zero-order chi connectivity index (χ0) is 26.2. The van der Waals surface area contributed by atoms with Gasteiger partial charge in [0.05, 0.1) is 0 Å². The lowest BCUT2D eigenvalue weighted by atomic mass is 9.94. The van der Waals surface area contributed by atoms with Crippen molar-refractivity contribution in [3.8, 4) is 0 Å². The van der Waals surface area contributed by atoms with Gasteiger partial charge in [-0.2, -0.15) is 0 Å². The van der Waals surface area contributed by atoms with Crippen molar-refractivity contribution >= 4 is 11.4 Å². The van der Waals surface area contributed by atoms with Gasteiger partial charge in [0.25, 0.3) is 0 Å². The van der Waals surface area contributed by atoms with Crippen molar-refractivity contribution in [2.75, 3.05) is 18.5 Å². The third-order valence-corrected chi connectivity index (χ3v) is 5.80. The second-order valence-electron chi connectivity index (χ2n) is 9.01. The fraction of sp³-hybridized carbons (Fsp3) is 0.344. The van der Waals surface area contributed by atoms with Crippen LogP contribution < -0.4 is 4.90 Å². The molecule has 0 amide bonds. The average Bonchev–Trinajstić information content (AvgIpc) is 2.85. The summed E-state index contributed by atoms with van der Waals surface area (Å²) in [5.74, 6) is 0.559. The predicted octanol–water partition coefficient (Wildman–Crippen LogP) is 8.87. The van der Waals surface area contributed by atoms with Crippen LogP contribution in [0.4, 0.5) is 11.4 Å². The van der Waals surface area contributed by atoms with E-state index in [1.807, 2.05) is 58.6 Å². The minimum atomic E-state index is 0.559. The fourth-order valence-corrected chi connectivity index (χ4v) is 3.78. The zero-order valence-electron chi connectivity index (χ0n) is 23.0. The number of pyridine rings is 1. The smallest absolute Gasteiger partial charge is 0.0488 e. The number of allylic oxidation sites excluding steroid dienone is 6. The van der Waals surface area contributed by atoms with E-state index in [1.54, 1.807) is 0 Å². The first kappa shape index (κ1) is 29.7. The minimum Gasteiger partial charge on any atom is -0.377 e. The van der Waals surface area contributed by atoms with Gasteiger partial charge in [-0.05, 0) is 95.0 Å². The Hall–Kier alpha value is -3.33. The molecule has 0 aliphatic heterocycles. The molecule has 1 aromatic carbocycles. The molecule has 2 aromatic rings. The lowest BCUT2D eigenvalue weighted by Crippen LogP contribution is -2.20. The van der Waals surface area contributed by atoms with Gasteiger partial charge in [0.15, 0.2) is 0 Å². The van der Waals surface area contributed by atoms with Gasteiger partial charge in [0.2, 0.25) is 0 Å². The molecule has 0 aliphatic carbocycles. The number of benzene rings is 1. The van der Waals surface area contributed by atoms with Crippen LogP contribution in [0.1, 0.15) is 53.5 Å². The molecule has 1 atom stereocenters.